The minimum atomic E-state index is -0.225. The molecule has 3 fully saturated rings. The average molecular weight is 346 g/mol. The molecule has 0 aromatic rings. The van der Waals surface area contributed by atoms with Crippen molar-refractivity contribution in [3.8, 4) is 0 Å². The Kier molecular flexibility index (Phi) is 4.30. The second kappa shape index (κ2) is 6.22. The highest BCUT2D eigenvalue weighted by molar-refractivity contribution is 5.91. The first kappa shape index (κ1) is 17.3. The van der Waals surface area contributed by atoms with Gasteiger partial charge in [-0.3, -0.25) is 9.59 Å². The topological polar surface area (TPSA) is 63.6 Å². The number of hydrogen-bond donors (Lipinski definition) is 1. The molecular weight excluding hydrogens is 316 g/mol. The predicted octanol–water partition coefficient (Wildman–Crippen LogP) is 3.28. The molecule has 4 aliphatic carbocycles. The lowest BCUT2D eigenvalue weighted by molar-refractivity contribution is -0.146. The van der Waals surface area contributed by atoms with Crippen molar-refractivity contribution < 1.29 is 19.4 Å². The molecular formula is C21H30O4. The molecule has 4 heteroatoms. The van der Waals surface area contributed by atoms with Gasteiger partial charge in [0.15, 0.2) is 5.78 Å². The fraction of sp³-hybridized carbons (Fsp3) is 0.810. The molecule has 0 heterocycles. The van der Waals surface area contributed by atoms with Crippen molar-refractivity contribution in [1.29, 1.82) is 0 Å². The lowest BCUT2D eigenvalue weighted by Gasteiger charge is -2.56. The van der Waals surface area contributed by atoms with Crippen molar-refractivity contribution in [2.75, 3.05) is 6.61 Å². The Morgan fingerprint density at radius 3 is 2.88 bits per heavy atom. The predicted molar refractivity (Wildman–Crippen MR) is 93.6 cm³/mol. The van der Waals surface area contributed by atoms with Gasteiger partial charge in [0.05, 0.1) is 12.7 Å². The molecule has 3 saturated carbocycles. The highest BCUT2D eigenvalue weighted by Gasteiger charge is 2.58. The van der Waals surface area contributed by atoms with Crippen LogP contribution in [0, 0.1) is 35.0 Å². The quantitative estimate of drug-likeness (QED) is 0.780. The maximum absolute atomic E-state index is 11.9. The van der Waals surface area contributed by atoms with E-state index in [9.17, 15) is 14.7 Å². The van der Waals surface area contributed by atoms with E-state index < -0.39 is 0 Å². The monoisotopic (exact) mass is 346 g/mol. The smallest absolute Gasteiger partial charge is 0.302 e. The molecule has 4 rings (SSSR count). The van der Waals surface area contributed by atoms with E-state index in [4.69, 9.17) is 4.74 Å². The standard InChI is InChI=1S/C21H30O4/c1-12(22)25-11-14-9-13-10-15(23)3-4-16(13)17-7-8-21(2)18(20(14)17)5-6-19(21)24/h10,14,16-20,24H,3-9,11H2,1-2H3/t14-,16-,17+,18-,19-,20+,21-/m0/s1. The molecule has 0 saturated heterocycles. The molecule has 0 unspecified atom stereocenters. The summed E-state index contributed by atoms with van der Waals surface area (Å²) in [6.45, 7) is 4.19. The van der Waals surface area contributed by atoms with Gasteiger partial charge in [-0.05, 0) is 73.7 Å². The fourth-order valence-electron chi connectivity index (χ4n) is 6.75. The van der Waals surface area contributed by atoms with Crippen LogP contribution in [-0.2, 0) is 14.3 Å². The Morgan fingerprint density at radius 1 is 1.32 bits per heavy atom. The van der Waals surface area contributed by atoms with E-state index in [1.54, 1.807) is 0 Å². The third kappa shape index (κ3) is 2.77. The maximum atomic E-state index is 11.9. The van der Waals surface area contributed by atoms with Crippen LogP contribution >= 0.6 is 0 Å². The van der Waals surface area contributed by atoms with Crippen LogP contribution in [0.15, 0.2) is 11.6 Å². The van der Waals surface area contributed by atoms with Gasteiger partial charge in [0.1, 0.15) is 0 Å². The molecule has 1 N–H and O–H groups in total. The molecule has 0 spiro atoms. The lowest BCUT2D eigenvalue weighted by Crippen LogP contribution is -2.51. The fourth-order valence-corrected chi connectivity index (χ4v) is 6.75. The van der Waals surface area contributed by atoms with Crippen LogP contribution in [0.5, 0.6) is 0 Å². The van der Waals surface area contributed by atoms with Crippen LogP contribution in [-0.4, -0.2) is 29.6 Å². The van der Waals surface area contributed by atoms with Gasteiger partial charge in [-0.25, -0.2) is 0 Å². The van der Waals surface area contributed by atoms with Gasteiger partial charge in [0, 0.05) is 19.3 Å². The van der Waals surface area contributed by atoms with Gasteiger partial charge in [0.25, 0.3) is 0 Å². The largest absolute Gasteiger partial charge is 0.466 e. The van der Waals surface area contributed by atoms with Crippen LogP contribution in [0.4, 0.5) is 0 Å². The van der Waals surface area contributed by atoms with E-state index in [0.29, 0.717) is 36.7 Å². The molecule has 0 amide bonds. The summed E-state index contributed by atoms with van der Waals surface area (Å²) < 4.78 is 5.43. The SMILES string of the molecule is CC(=O)OC[C@@H]1CC2=CC(=O)CC[C@@H]2[C@H]2CC[C@]3(C)[C@@H](O)CC[C@H]3[C@H]12. The van der Waals surface area contributed by atoms with E-state index >= 15 is 0 Å². The number of allylic oxidation sites excluding steroid dienone is 1. The molecule has 0 bridgehead atoms. The highest BCUT2D eigenvalue weighted by atomic mass is 16.5. The number of carbonyl (C=O) groups is 2. The number of aliphatic hydroxyl groups is 1. The first-order chi connectivity index (χ1) is 11.9. The Bertz CT molecular complexity index is 609. The van der Waals surface area contributed by atoms with Crippen LogP contribution in [0.1, 0.15) is 58.8 Å². The van der Waals surface area contributed by atoms with Gasteiger partial charge < -0.3 is 9.84 Å². The number of rotatable bonds is 2. The molecule has 138 valence electrons. The van der Waals surface area contributed by atoms with Crippen molar-refractivity contribution >= 4 is 11.8 Å². The van der Waals surface area contributed by atoms with E-state index in [-0.39, 0.29) is 29.2 Å². The van der Waals surface area contributed by atoms with Crippen LogP contribution < -0.4 is 0 Å². The number of esters is 1. The average Bonchev–Trinajstić information content (AvgIpc) is 2.87. The highest BCUT2D eigenvalue weighted by Crippen LogP contribution is 2.63. The van der Waals surface area contributed by atoms with Crippen LogP contribution in [0.3, 0.4) is 0 Å². The van der Waals surface area contributed by atoms with Crippen LogP contribution in [0.2, 0.25) is 0 Å². The van der Waals surface area contributed by atoms with Crippen molar-refractivity contribution in [3.05, 3.63) is 11.6 Å². The number of hydrogen-bond acceptors (Lipinski definition) is 4. The molecule has 7 atom stereocenters. The Labute approximate surface area is 150 Å². The van der Waals surface area contributed by atoms with Gasteiger partial charge in [-0.2, -0.15) is 0 Å². The molecule has 4 nitrogen and oxygen atoms in total. The molecule has 0 aromatic heterocycles. The maximum Gasteiger partial charge on any atom is 0.302 e. The summed E-state index contributed by atoms with van der Waals surface area (Å²) in [4.78, 5) is 23.3. The molecule has 0 aromatic carbocycles. The summed E-state index contributed by atoms with van der Waals surface area (Å²) in [7, 11) is 0. The molecule has 0 aliphatic heterocycles. The van der Waals surface area contributed by atoms with E-state index in [2.05, 4.69) is 6.92 Å². The van der Waals surface area contributed by atoms with Gasteiger partial charge >= 0.3 is 5.97 Å². The summed E-state index contributed by atoms with van der Waals surface area (Å²) in [5.74, 6) is 2.45. The van der Waals surface area contributed by atoms with Gasteiger partial charge in [0.2, 0.25) is 0 Å². The van der Waals surface area contributed by atoms with E-state index in [0.717, 1.165) is 38.5 Å². The number of fused-ring (bicyclic) bond motifs is 5. The summed E-state index contributed by atoms with van der Waals surface area (Å²) in [6.07, 6.45) is 8.43. The number of ether oxygens (including phenoxy) is 1. The molecule has 25 heavy (non-hydrogen) atoms. The van der Waals surface area contributed by atoms with Crippen molar-refractivity contribution in [1.82, 2.24) is 0 Å². The van der Waals surface area contributed by atoms with Crippen LogP contribution in [0.25, 0.3) is 0 Å². The third-order valence-electron chi connectivity index (χ3n) is 7.92. The van der Waals surface area contributed by atoms with Crippen molar-refractivity contribution in [3.63, 3.8) is 0 Å². The van der Waals surface area contributed by atoms with Gasteiger partial charge in [-0.1, -0.05) is 12.5 Å². The second-order valence-electron chi connectivity index (χ2n) is 9.08. The Morgan fingerprint density at radius 2 is 2.12 bits per heavy atom. The number of ketones is 1. The normalized spacial score (nSPS) is 45.9. The zero-order valence-corrected chi connectivity index (χ0v) is 15.4. The summed E-state index contributed by atoms with van der Waals surface area (Å²) in [5, 5.41) is 10.6. The number of carbonyl (C=O) groups excluding carboxylic acids is 2. The Balaban J connectivity index is 1.67. The molecule has 0 radical (unpaired) electrons. The van der Waals surface area contributed by atoms with E-state index in [1.165, 1.54) is 12.5 Å². The minimum Gasteiger partial charge on any atom is -0.466 e. The summed E-state index contributed by atoms with van der Waals surface area (Å²) >= 11 is 0. The zero-order valence-electron chi connectivity index (χ0n) is 15.4. The minimum absolute atomic E-state index is 0.0152. The zero-order chi connectivity index (χ0) is 17.8. The summed E-state index contributed by atoms with van der Waals surface area (Å²) in [5.41, 5.74) is 1.32. The van der Waals surface area contributed by atoms with Crippen molar-refractivity contribution in [2.45, 2.75) is 64.9 Å². The third-order valence-corrected chi connectivity index (χ3v) is 7.92. The molecule has 4 aliphatic rings. The number of aliphatic hydroxyl groups excluding tert-OH is 1. The Hall–Kier alpha value is -1.16. The first-order valence-corrected chi connectivity index (χ1v) is 9.95. The first-order valence-electron chi connectivity index (χ1n) is 9.95. The van der Waals surface area contributed by atoms with Crippen molar-refractivity contribution in [2.24, 2.45) is 35.0 Å². The lowest BCUT2D eigenvalue weighted by atomic mass is 9.49. The van der Waals surface area contributed by atoms with E-state index in [1.807, 2.05) is 6.08 Å². The van der Waals surface area contributed by atoms with Gasteiger partial charge in [-0.15, -0.1) is 0 Å². The summed E-state index contributed by atoms with van der Waals surface area (Å²) in [6, 6.07) is 0. The second-order valence-corrected chi connectivity index (χ2v) is 9.08.